The second kappa shape index (κ2) is 9.59. The Morgan fingerprint density at radius 1 is 1.29 bits per heavy atom. The second-order valence-electron chi connectivity index (χ2n) is 6.95. The monoisotopic (exact) mass is 463 g/mol. The summed E-state index contributed by atoms with van der Waals surface area (Å²) in [5.41, 5.74) is 1.49. The molecular weight excluding hydrogens is 442 g/mol. The number of carbonyl (C=O) groups is 2. The van der Waals surface area contributed by atoms with Gasteiger partial charge >= 0.3 is 5.97 Å². The normalized spacial score (nSPS) is 12.0. The lowest BCUT2D eigenvalue weighted by atomic mass is 10.2. The second-order valence-corrected chi connectivity index (χ2v) is 8.38. The minimum Gasteiger partial charge on any atom is -0.459 e. The number of rotatable bonds is 7. The molecular formula is C21H22ClN3O5S. The van der Waals surface area contributed by atoms with Crippen LogP contribution in [0.5, 0.6) is 0 Å². The zero-order valence-electron chi connectivity index (χ0n) is 17.5. The van der Waals surface area contributed by atoms with Crippen LogP contribution in [-0.2, 0) is 14.3 Å². The van der Waals surface area contributed by atoms with Crippen molar-refractivity contribution < 1.29 is 19.1 Å². The summed E-state index contributed by atoms with van der Waals surface area (Å²) in [4.78, 5) is 43.2. The van der Waals surface area contributed by atoms with Crippen molar-refractivity contribution in [3.8, 4) is 0 Å². The number of thiophene rings is 1. The molecule has 0 aliphatic carbocycles. The maximum absolute atomic E-state index is 13.1. The van der Waals surface area contributed by atoms with Gasteiger partial charge < -0.3 is 14.8 Å². The van der Waals surface area contributed by atoms with E-state index in [1.54, 1.807) is 32.0 Å². The van der Waals surface area contributed by atoms with E-state index < -0.39 is 17.6 Å². The first-order valence-corrected chi connectivity index (χ1v) is 10.7. The van der Waals surface area contributed by atoms with Crippen LogP contribution >= 0.6 is 22.9 Å². The number of amides is 1. The zero-order chi connectivity index (χ0) is 22.7. The average molecular weight is 464 g/mol. The Labute approximate surface area is 187 Å². The maximum atomic E-state index is 13.1. The molecule has 0 fully saturated rings. The number of aryl methyl sites for hydroxylation is 2. The Morgan fingerprint density at radius 3 is 2.74 bits per heavy atom. The van der Waals surface area contributed by atoms with Gasteiger partial charge in [0.2, 0.25) is 5.91 Å². The molecule has 3 rings (SSSR count). The lowest BCUT2D eigenvalue weighted by Crippen LogP contribution is -2.32. The van der Waals surface area contributed by atoms with Crippen LogP contribution in [0.2, 0.25) is 5.02 Å². The minimum absolute atomic E-state index is 0.112. The summed E-state index contributed by atoms with van der Waals surface area (Å²) in [6, 6.07) is 4.34. The number of anilines is 1. The molecule has 0 radical (unpaired) electrons. The number of aromatic nitrogens is 2. The van der Waals surface area contributed by atoms with Gasteiger partial charge in [0.05, 0.1) is 18.3 Å². The summed E-state index contributed by atoms with van der Waals surface area (Å²) in [6.45, 7) is 5.50. The fraction of sp³-hybridized carbons (Fsp3) is 0.333. The van der Waals surface area contributed by atoms with Gasteiger partial charge in [0, 0.05) is 17.8 Å². The molecule has 31 heavy (non-hydrogen) atoms. The number of fused-ring (bicyclic) bond motifs is 1. The standard InChI is InChI=1S/C21H22ClN3O5S/c1-11-5-6-14(22)9-15(11)24-18(26)13(3)25-10-23-19-16(20(25)27)12(2)17(31-19)21(28)30-8-7-29-4/h5-6,9-10,13H,7-8H2,1-4H3,(H,24,26). The summed E-state index contributed by atoms with van der Waals surface area (Å²) in [5, 5.41) is 3.59. The number of esters is 1. The summed E-state index contributed by atoms with van der Waals surface area (Å²) < 4.78 is 11.3. The van der Waals surface area contributed by atoms with Crippen molar-refractivity contribution in [1.82, 2.24) is 9.55 Å². The fourth-order valence-electron chi connectivity index (χ4n) is 2.98. The van der Waals surface area contributed by atoms with Gasteiger partial charge in [0.15, 0.2) is 0 Å². The van der Waals surface area contributed by atoms with Crippen LogP contribution in [0.4, 0.5) is 5.69 Å². The van der Waals surface area contributed by atoms with E-state index in [0.717, 1.165) is 16.9 Å². The number of nitrogens with one attached hydrogen (secondary N) is 1. The number of hydrogen-bond donors (Lipinski definition) is 1. The highest BCUT2D eigenvalue weighted by molar-refractivity contribution is 7.20. The van der Waals surface area contributed by atoms with E-state index in [1.165, 1.54) is 18.0 Å². The topological polar surface area (TPSA) is 99.5 Å². The summed E-state index contributed by atoms with van der Waals surface area (Å²) >= 11 is 7.10. The van der Waals surface area contributed by atoms with Crippen LogP contribution in [0.3, 0.4) is 0 Å². The van der Waals surface area contributed by atoms with Crippen molar-refractivity contribution in [1.29, 1.82) is 0 Å². The largest absolute Gasteiger partial charge is 0.459 e. The molecule has 3 aromatic rings. The van der Waals surface area contributed by atoms with E-state index in [4.69, 9.17) is 21.1 Å². The number of benzene rings is 1. The number of ether oxygens (including phenoxy) is 2. The lowest BCUT2D eigenvalue weighted by Gasteiger charge is -2.16. The summed E-state index contributed by atoms with van der Waals surface area (Å²) in [7, 11) is 1.51. The van der Waals surface area contributed by atoms with Crippen LogP contribution in [0, 0.1) is 13.8 Å². The quantitative estimate of drug-likeness (QED) is 0.423. The smallest absolute Gasteiger partial charge is 0.348 e. The Hall–Kier alpha value is -2.75. The molecule has 1 unspecified atom stereocenters. The molecule has 0 aliphatic rings. The van der Waals surface area contributed by atoms with E-state index in [9.17, 15) is 14.4 Å². The molecule has 164 valence electrons. The number of carbonyl (C=O) groups excluding carboxylic acids is 2. The lowest BCUT2D eigenvalue weighted by molar-refractivity contribution is -0.118. The molecule has 0 saturated heterocycles. The highest BCUT2D eigenvalue weighted by Gasteiger charge is 2.24. The average Bonchev–Trinajstić information content (AvgIpc) is 3.08. The summed E-state index contributed by atoms with van der Waals surface area (Å²) in [6.07, 6.45) is 1.32. The Bertz CT molecular complexity index is 1200. The Balaban J connectivity index is 1.90. The third-order valence-electron chi connectivity index (χ3n) is 4.84. The van der Waals surface area contributed by atoms with Crippen molar-refractivity contribution in [3.63, 3.8) is 0 Å². The van der Waals surface area contributed by atoms with Crippen LogP contribution < -0.4 is 10.9 Å². The molecule has 1 atom stereocenters. The van der Waals surface area contributed by atoms with Gasteiger partial charge in [0.25, 0.3) is 5.56 Å². The molecule has 1 aromatic carbocycles. The number of hydrogen-bond acceptors (Lipinski definition) is 7. The van der Waals surface area contributed by atoms with Crippen molar-refractivity contribution in [2.75, 3.05) is 25.6 Å². The van der Waals surface area contributed by atoms with Gasteiger partial charge in [-0.2, -0.15) is 0 Å². The van der Waals surface area contributed by atoms with Gasteiger partial charge in [-0.25, -0.2) is 9.78 Å². The summed E-state index contributed by atoms with van der Waals surface area (Å²) in [5.74, 6) is -0.925. The van der Waals surface area contributed by atoms with Gasteiger partial charge in [-0.1, -0.05) is 17.7 Å². The minimum atomic E-state index is -0.834. The van der Waals surface area contributed by atoms with E-state index in [-0.39, 0.29) is 19.1 Å². The Morgan fingerprint density at radius 2 is 2.03 bits per heavy atom. The third-order valence-corrected chi connectivity index (χ3v) is 6.25. The van der Waals surface area contributed by atoms with Gasteiger partial charge in [0.1, 0.15) is 22.4 Å². The Kier molecular flexibility index (Phi) is 7.09. The predicted molar refractivity (Wildman–Crippen MR) is 120 cm³/mol. The molecule has 8 nitrogen and oxygen atoms in total. The van der Waals surface area contributed by atoms with Gasteiger partial charge in [-0.3, -0.25) is 14.2 Å². The molecule has 10 heteroatoms. The SMILES string of the molecule is COCCOC(=O)c1sc2ncn(C(C)C(=O)Nc3cc(Cl)ccc3C)c(=O)c2c1C. The van der Waals surface area contributed by atoms with Crippen LogP contribution in [-0.4, -0.2) is 41.8 Å². The van der Waals surface area contributed by atoms with Crippen LogP contribution in [0.1, 0.15) is 33.8 Å². The first-order valence-electron chi connectivity index (χ1n) is 9.48. The van der Waals surface area contributed by atoms with Crippen molar-refractivity contribution in [3.05, 3.63) is 55.9 Å². The first-order chi connectivity index (χ1) is 14.7. The molecule has 1 amide bonds. The highest BCUT2D eigenvalue weighted by Crippen LogP contribution is 2.28. The van der Waals surface area contributed by atoms with E-state index in [0.29, 0.717) is 31.4 Å². The fourth-order valence-corrected chi connectivity index (χ4v) is 4.19. The number of halogens is 1. The van der Waals surface area contributed by atoms with E-state index >= 15 is 0 Å². The zero-order valence-corrected chi connectivity index (χ0v) is 19.1. The van der Waals surface area contributed by atoms with Crippen molar-refractivity contribution >= 4 is 50.7 Å². The highest BCUT2D eigenvalue weighted by atomic mass is 35.5. The molecule has 0 saturated carbocycles. The molecule has 1 N–H and O–H groups in total. The number of nitrogens with zero attached hydrogens (tertiary/aromatic N) is 2. The van der Waals surface area contributed by atoms with Gasteiger partial charge in [-0.15, -0.1) is 11.3 Å². The van der Waals surface area contributed by atoms with Crippen LogP contribution in [0.25, 0.3) is 10.2 Å². The van der Waals surface area contributed by atoms with Gasteiger partial charge in [-0.05, 0) is 44.0 Å². The van der Waals surface area contributed by atoms with E-state index in [1.807, 2.05) is 6.92 Å². The molecule has 2 aromatic heterocycles. The molecule has 0 aliphatic heterocycles. The first kappa shape index (κ1) is 22.9. The third kappa shape index (κ3) is 4.79. The molecule has 0 bridgehead atoms. The maximum Gasteiger partial charge on any atom is 0.348 e. The van der Waals surface area contributed by atoms with E-state index in [2.05, 4.69) is 10.3 Å². The molecule has 2 heterocycles. The predicted octanol–water partition coefficient (Wildman–Crippen LogP) is 3.73. The molecule has 0 spiro atoms. The number of methoxy groups -OCH3 is 1. The van der Waals surface area contributed by atoms with Crippen molar-refractivity contribution in [2.45, 2.75) is 26.8 Å². The van der Waals surface area contributed by atoms with Crippen molar-refractivity contribution in [2.24, 2.45) is 0 Å². The van der Waals surface area contributed by atoms with Crippen LogP contribution in [0.15, 0.2) is 29.3 Å².